The number of alkyl halides is 1. The van der Waals surface area contributed by atoms with E-state index < -0.39 is 28.2 Å². The molecular formula is C22H25FN2O6S2. The summed E-state index contributed by atoms with van der Waals surface area (Å²) in [6.07, 6.45) is 0. The highest BCUT2D eigenvalue weighted by Gasteiger charge is 2.19. The van der Waals surface area contributed by atoms with Gasteiger partial charge in [-0.2, -0.15) is 0 Å². The van der Waals surface area contributed by atoms with Gasteiger partial charge in [0, 0.05) is 24.4 Å². The van der Waals surface area contributed by atoms with Gasteiger partial charge >= 0.3 is 5.97 Å². The number of thiazole rings is 1. The molecule has 0 spiro atoms. The largest absolute Gasteiger partial charge is 0.426 e. The molecule has 1 N–H and O–H groups in total. The van der Waals surface area contributed by atoms with Gasteiger partial charge in [0.15, 0.2) is 9.84 Å². The number of carbonyl (C=O) groups is 1. The lowest BCUT2D eigenvalue weighted by molar-refractivity contribution is -0.131. The normalized spacial score (nSPS) is 11.6. The smallest absolute Gasteiger partial charge is 0.326 e. The van der Waals surface area contributed by atoms with Crippen LogP contribution in [0.1, 0.15) is 0 Å². The maximum Gasteiger partial charge on any atom is 0.326 e. The molecule has 11 heteroatoms. The summed E-state index contributed by atoms with van der Waals surface area (Å²) in [7, 11) is -1.84. The minimum absolute atomic E-state index is 0.0219. The van der Waals surface area contributed by atoms with Crippen molar-refractivity contribution in [1.29, 1.82) is 0 Å². The molecule has 0 atom stereocenters. The Balaban J connectivity index is 1.53. The zero-order valence-electron chi connectivity index (χ0n) is 18.1. The molecule has 8 nitrogen and oxygen atoms in total. The van der Waals surface area contributed by atoms with Gasteiger partial charge in [-0.15, -0.1) is 11.3 Å². The predicted octanol–water partition coefficient (Wildman–Crippen LogP) is 3.33. The van der Waals surface area contributed by atoms with E-state index in [-0.39, 0.29) is 37.9 Å². The van der Waals surface area contributed by atoms with E-state index in [1.165, 1.54) is 11.3 Å². The summed E-state index contributed by atoms with van der Waals surface area (Å²) in [6, 6.07) is 12.8. The quantitative estimate of drug-likeness (QED) is 0.218. The van der Waals surface area contributed by atoms with E-state index >= 15 is 0 Å². The Hall–Kier alpha value is -2.60. The maximum atomic E-state index is 12.1. The third-order valence-electron chi connectivity index (χ3n) is 4.48. The Labute approximate surface area is 195 Å². The minimum atomic E-state index is -3.69. The zero-order chi connectivity index (χ0) is 23.7. The molecule has 0 aliphatic rings. The van der Waals surface area contributed by atoms with Crippen LogP contribution in [0.3, 0.4) is 0 Å². The van der Waals surface area contributed by atoms with Gasteiger partial charge in [-0.3, -0.25) is 4.79 Å². The molecule has 1 heterocycles. The van der Waals surface area contributed by atoms with Crippen LogP contribution in [0.2, 0.25) is 0 Å². The summed E-state index contributed by atoms with van der Waals surface area (Å²) in [5, 5.41) is 3.89. The van der Waals surface area contributed by atoms with Crippen LogP contribution in [0.4, 0.5) is 10.1 Å². The number of hydrogen-bond acceptors (Lipinski definition) is 9. The lowest BCUT2D eigenvalue weighted by Crippen LogP contribution is -2.25. The molecule has 0 aliphatic carbocycles. The number of rotatable bonds is 13. The van der Waals surface area contributed by atoms with Crippen LogP contribution in [0.25, 0.3) is 20.8 Å². The fourth-order valence-electron chi connectivity index (χ4n) is 2.85. The molecule has 0 radical (unpaired) electrons. The topological polar surface area (TPSA) is 104 Å². The number of fused-ring (bicyclic) bond motifs is 1. The first-order valence-corrected chi connectivity index (χ1v) is 12.9. The second-order valence-corrected chi connectivity index (χ2v) is 10.2. The zero-order valence-corrected chi connectivity index (χ0v) is 19.7. The Kier molecular flexibility index (Phi) is 9.12. The van der Waals surface area contributed by atoms with Crippen molar-refractivity contribution >= 4 is 43.0 Å². The highest BCUT2D eigenvalue weighted by atomic mass is 32.2. The lowest BCUT2D eigenvalue weighted by atomic mass is 10.2. The SMILES string of the molecule is CNc1ccc(-c2nc3ccc(OC(=O)CS(=O)(=O)CCOCCOCCF)cc3s2)cc1. The summed E-state index contributed by atoms with van der Waals surface area (Å²) in [6.45, 7) is -0.366. The van der Waals surface area contributed by atoms with Crippen molar-refractivity contribution in [2.45, 2.75) is 0 Å². The van der Waals surface area contributed by atoms with E-state index in [1.54, 1.807) is 18.2 Å². The van der Waals surface area contributed by atoms with Crippen LogP contribution < -0.4 is 10.1 Å². The summed E-state index contributed by atoms with van der Waals surface area (Å²) in [5.74, 6) is -1.69. The first kappa shape index (κ1) is 25.0. The molecule has 2 aromatic carbocycles. The van der Waals surface area contributed by atoms with Crippen LogP contribution >= 0.6 is 11.3 Å². The second kappa shape index (κ2) is 12.0. The van der Waals surface area contributed by atoms with Crippen molar-refractivity contribution in [2.24, 2.45) is 0 Å². The van der Waals surface area contributed by atoms with E-state index in [4.69, 9.17) is 14.2 Å². The van der Waals surface area contributed by atoms with Gasteiger partial charge in [-0.1, -0.05) is 0 Å². The number of benzene rings is 2. The Morgan fingerprint density at radius 1 is 1.06 bits per heavy atom. The average molecular weight is 497 g/mol. The minimum Gasteiger partial charge on any atom is -0.426 e. The number of aromatic nitrogens is 1. The van der Waals surface area contributed by atoms with Gasteiger partial charge in [-0.05, 0) is 36.4 Å². The highest BCUT2D eigenvalue weighted by Crippen LogP contribution is 2.32. The first-order valence-electron chi connectivity index (χ1n) is 10.2. The van der Waals surface area contributed by atoms with Crippen LogP contribution in [-0.2, 0) is 24.1 Å². The number of nitrogens with one attached hydrogen (secondary N) is 1. The summed E-state index contributed by atoms with van der Waals surface area (Å²) >= 11 is 1.45. The van der Waals surface area contributed by atoms with Gasteiger partial charge in [-0.25, -0.2) is 17.8 Å². The highest BCUT2D eigenvalue weighted by molar-refractivity contribution is 7.92. The molecule has 1 aromatic heterocycles. The molecule has 0 bridgehead atoms. The molecule has 0 aliphatic heterocycles. The van der Waals surface area contributed by atoms with Gasteiger partial charge in [0.05, 0.1) is 42.4 Å². The molecule has 0 unspecified atom stereocenters. The van der Waals surface area contributed by atoms with Gasteiger partial charge in [0.2, 0.25) is 0 Å². The molecule has 0 fully saturated rings. The van der Waals surface area contributed by atoms with Crippen molar-refractivity contribution in [2.75, 3.05) is 57.0 Å². The fourth-order valence-corrected chi connectivity index (χ4v) is 4.78. The first-order chi connectivity index (χ1) is 15.9. The number of esters is 1. The molecule has 33 heavy (non-hydrogen) atoms. The van der Waals surface area contributed by atoms with Crippen molar-refractivity contribution in [3.8, 4) is 16.3 Å². The van der Waals surface area contributed by atoms with Gasteiger partial charge in [0.25, 0.3) is 0 Å². The third kappa shape index (κ3) is 7.74. The number of halogens is 1. The lowest BCUT2D eigenvalue weighted by Gasteiger charge is -2.07. The molecule has 0 saturated heterocycles. The van der Waals surface area contributed by atoms with Crippen molar-refractivity contribution < 1.29 is 31.8 Å². The standard InChI is InChI=1S/C22H25FN2O6S2/c1-24-17-4-2-16(3-5-17)22-25-19-7-6-18(14-20(19)32-22)31-21(26)15-33(27,28)13-12-30-11-10-29-9-8-23/h2-7,14,24H,8-13,15H2,1H3. The number of nitrogens with zero attached hydrogens (tertiary/aromatic N) is 1. The number of sulfone groups is 1. The summed E-state index contributed by atoms with van der Waals surface area (Å²) < 4.78 is 52.2. The third-order valence-corrected chi connectivity index (χ3v) is 7.01. The van der Waals surface area contributed by atoms with Gasteiger partial charge in [0.1, 0.15) is 23.2 Å². The molecule has 178 valence electrons. The Morgan fingerprint density at radius 2 is 1.79 bits per heavy atom. The van der Waals surface area contributed by atoms with E-state index in [0.29, 0.717) is 0 Å². The second-order valence-electron chi connectivity index (χ2n) is 6.96. The number of hydrogen-bond donors (Lipinski definition) is 1. The molecule has 3 rings (SSSR count). The summed E-state index contributed by atoms with van der Waals surface area (Å²) in [4.78, 5) is 16.7. The number of carbonyl (C=O) groups excluding carboxylic acids is 1. The Morgan fingerprint density at radius 3 is 2.48 bits per heavy atom. The fraction of sp³-hybridized carbons (Fsp3) is 0.364. The van der Waals surface area contributed by atoms with Crippen molar-refractivity contribution in [3.05, 3.63) is 42.5 Å². The van der Waals surface area contributed by atoms with E-state index in [1.807, 2.05) is 31.3 Å². The van der Waals surface area contributed by atoms with Crippen molar-refractivity contribution in [1.82, 2.24) is 4.98 Å². The average Bonchev–Trinajstić information content (AvgIpc) is 3.21. The number of ether oxygens (including phenoxy) is 3. The molecule has 0 saturated carbocycles. The monoisotopic (exact) mass is 496 g/mol. The maximum absolute atomic E-state index is 12.1. The summed E-state index contributed by atoms with van der Waals surface area (Å²) in [5.41, 5.74) is 2.72. The van der Waals surface area contributed by atoms with Crippen LogP contribution in [0.5, 0.6) is 5.75 Å². The molecular weight excluding hydrogens is 471 g/mol. The van der Waals surface area contributed by atoms with Crippen LogP contribution in [0, 0.1) is 0 Å². The molecule has 3 aromatic rings. The number of anilines is 1. The molecule has 0 amide bonds. The van der Waals surface area contributed by atoms with Gasteiger partial charge < -0.3 is 19.5 Å². The van der Waals surface area contributed by atoms with E-state index in [2.05, 4.69) is 10.3 Å². The van der Waals surface area contributed by atoms with Crippen LogP contribution in [-0.4, -0.2) is 71.0 Å². The van der Waals surface area contributed by atoms with Crippen molar-refractivity contribution in [3.63, 3.8) is 0 Å². The van der Waals surface area contributed by atoms with E-state index in [9.17, 15) is 17.6 Å². The van der Waals surface area contributed by atoms with Crippen LogP contribution in [0.15, 0.2) is 42.5 Å². The predicted molar refractivity (Wildman–Crippen MR) is 127 cm³/mol. The van der Waals surface area contributed by atoms with E-state index in [0.717, 1.165) is 26.5 Å². The Bertz CT molecular complexity index is 1170.